The quantitative estimate of drug-likeness (QED) is 0.441. The van der Waals surface area contributed by atoms with Crippen LogP contribution in [0, 0.1) is 0 Å². The minimum atomic E-state index is -0.455. The van der Waals surface area contributed by atoms with E-state index >= 15 is 0 Å². The lowest BCUT2D eigenvalue weighted by Crippen LogP contribution is -2.07. The van der Waals surface area contributed by atoms with E-state index in [2.05, 4.69) is 6.08 Å². The maximum absolute atomic E-state index is 11.3. The minimum Gasteiger partial charge on any atom is -0.463 e. The summed E-state index contributed by atoms with van der Waals surface area (Å²) in [4.78, 5) is 11.3. The Labute approximate surface area is 123 Å². The van der Waals surface area contributed by atoms with E-state index in [0.717, 1.165) is 18.4 Å². The van der Waals surface area contributed by atoms with E-state index in [-0.39, 0.29) is 5.95 Å². The van der Waals surface area contributed by atoms with Gasteiger partial charge in [0.1, 0.15) is 12.0 Å². The van der Waals surface area contributed by atoms with Crippen LogP contribution in [-0.4, -0.2) is 12.6 Å². The second-order valence-electron chi connectivity index (χ2n) is 4.42. The van der Waals surface area contributed by atoms with E-state index < -0.39 is 5.97 Å². The molecule has 1 aliphatic carbocycles. The van der Waals surface area contributed by atoms with Gasteiger partial charge in [0, 0.05) is 0 Å². The Hall–Kier alpha value is -2.43. The third kappa shape index (κ3) is 4.56. The summed E-state index contributed by atoms with van der Waals surface area (Å²) in [5.41, 5.74) is 1.04. The lowest BCUT2D eigenvalue weighted by Gasteiger charge is -2.19. The van der Waals surface area contributed by atoms with E-state index in [0.29, 0.717) is 18.1 Å². The Morgan fingerprint density at radius 3 is 3.00 bits per heavy atom. The van der Waals surface area contributed by atoms with Crippen LogP contribution in [0.5, 0.6) is 0 Å². The number of ether oxygens (including phenoxy) is 4. The van der Waals surface area contributed by atoms with Gasteiger partial charge in [-0.2, -0.15) is 0 Å². The molecule has 1 heterocycles. The van der Waals surface area contributed by atoms with Gasteiger partial charge in [0.25, 0.3) is 0 Å². The fourth-order valence-electron chi connectivity index (χ4n) is 1.84. The number of carbonyl (C=O) groups is 1. The predicted octanol–water partition coefficient (Wildman–Crippen LogP) is 3.43. The summed E-state index contributed by atoms with van der Waals surface area (Å²) >= 11 is 0. The van der Waals surface area contributed by atoms with Crippen LogP contribution in [0.4, 0.5) is 0 Å². The van der Waals surface area contributed by atoms with Crippen molar-refractivity contribution in [1.82, 2.24) is 0 Å². The first-order chi connectivity index (χ1) is 10.2. The van der Waals surface area contributed by atoms with Gasteiger partial charge in [0.05, 0.1) is 12.7 Å². The van der Waals surface area contributed by atoms with Crippen LogP contribution in [0.3, 0.4) is 0 Å². The molecule has 5 nitrogen and oxygen atoms in total. The van der Waals surface area contributed by atoms with Gasteiger partial charge in [-0.05, 0) is 32.3 Å². The average Bonchev–Trinajstić information content (AvgIpc) is 2.48. The first-order valence-corrected chi connectivity index (χ1v) is 6.81. The molecule has 0 amide bonds. The molecule has 0 aromatic heterocycles. The van der Waals surface area contributed by atoms with Crippen molar-refractivity contribution < 1.29 is 23.7 Å². The molecule has 5 heteroatoms. The molecule has 0 aromatic rings. The highest BCUT2D eigenvalue weighted by Crippen LogP contribution is 2.27. The van der Waals surface area contributed by atoms with E-state index in [4.69, 9.17) is 18.9 Å². The third-order valence-corrected chi connectivity index (χ3v) is 2.75. The van der Waals surface area contributed by atoms with Crippen molar-refractivity contribution in [2.24, 2.45) is 0 Å². The standard InChI is InChI=1S/C16H18O5/c1-3-19-15(17)9-12(2)20-16-11-18-10-14(21-16)13-7-5-4-6-8-13/h4-5,7,9-11H,3,6,8H2,1-2H3. The van der Waals surface area contributed by atoms with Crippen LogP contribution >= 0.6 is 0 Å². The zero-order chi connectivity index (χ0) is 15.1. The summed E-state index contributed by atoms with van der Waals surface area (Å²) < 4.78 is 21.1. The Kier molecular flexibility index (Phi) is 5.26. The topological polar surface area (TPSA) is 54.0 Å². The summed E-state index contributed by atoms with van der Waals surface area (Å²) in [6.45, 7) is 3.70. The Morgan fingerprint density at radius 2 is 2.29 bits per heavy atom. The van der Waals surface area contributed by atoms with Crippen molar-refractivity contribution in [3.63, 3.8) is 0 Å². The second-order valence-corrected chi connectivity index (χ2v) is 4.42. The molecule has 112 valence electrons. The van der Waals surface area contributed by atoms with Crippen molar-refractivity contribution in [2.45, 2.75) is 26.7 Å². The molecule has 0 aromatic carbocycles. The van der Waals surface area contributed by atoms with Gasteiger partial charge in [-0.3, -0.25) is 0 Å². The third-order valence-electron chi connectivity index (χ3n) is 2.75. The molecule has 0 spiro atoms. The molecule has 2 rings (SSSR count). The lowest BCUT2D eigenvalue weighted by atomic mass is 10.0. The van der Waals surface area contributed by atoms with E-state index in [1.807, 2.05) is 12.2 Å². The summed E-state index contributed by atoms with van der Waals surface area (Å²) in [5, 5.41) is 0. The monoisotopic (exact) mass is 290 g/mol. The van der Waals surface area contributed by atoms with Crippen molar-refractivity contribution in [3.8, 4) is 0 Å². The predicted molar refractivity (Wildman–Crippen MR) is 76.3 cm³/mol. The van der Waals surface area contributed by atoms with Crippen molar-refractivity contribution >= 4 is 5.97 Å². The maximum atomic E-state index is 11.3. The Morgan fingerprint density at radius 1 is 1.43 bits per heavy atom. The summed E-state index contributed by atoms with van der Waals surface area (Å²) in [5.74, 6) is 0.701. The summed E-state index contributed by atoms with van der Waals surface area (Å²) in [7, 11) is 0. The molecule has 0 saturated carbocycles. The van der Waals surface area contributed by atoms with Gasteiger partial charge >= 0.3 is 11.9 Å². The van der Waals surface area contributed by atoms with Crippen molar-refractivity contribution in [3.05, 3.63) is 59.9 Å². The highest BCUT2D eigenvalue weighted by atomic mass is 16.7. The first-order valence-electron chi connectivity index (χ1n) is 6.81. The molecule has 0 atom stereocenters. The fourth-order valence-corrected chi connectivity index (χ4v) is 1.84. The normalized spacial score (nSPS) is 17.8. The molecular weight excluding hydrogens is 272 g/mol. The number of rotatable bonds is 5. The number of carbonyl (C=O) groups excluding carboxylic acids is 1. The smallest absolute Gasteiger partial charge is 0.334 e. The van der Waals surface area contributed by atoms with E-state index in [1.54, 1.807) is 13.8 Å². The zero-order valence-corrected chi connectivity index (χ0v) is 12.1. The molecule has 0 fully saturated rings. The highest BCUT2D eigenvalue weighted by Gasteiger charge is 2.16. The van der Waals surface area contributed by atoms with Crippen LogP contribution in [-0.2, 0) is 23.7 Å². The first kappa shape index (κ1) is 15.0. The second kappa shape index (κ2) is 7.38. The molecule has 0 unspecified atom stereocenters. The van der Waals surface area contributed by atoms with Crippen LogP contribution in [0.15, 0.2) is 59.9 Å². The van der Waals surface area contributed by atoms with Crippen molar-refractivity contribution in [2.75, 3.05) is 6.61 Å². The molecule has 0 radical (unpaired) electrons. The zero-order valence-electron chi connectivity index (χ0n) is 12.1. The molecule has 1 aliphatic heterocycles. The van der Waals surface area contributed by atoms with Gasteiger partial charge in [-0.15, -0.1) is 0 Å². The molecule has 0 saturated heterocycles. The molecule has 2 aliphatic rings. The molecule has 0 N–H and O–H groups in total. The van der Waals surface area contributed by atoms with Gasteiger partial charge < -0.3 is 18.9 Å². The Bertz CT molecular complexity index is 549. The number of hydrogen-bond acceptors (Lipinski definition) is 5. The van der Waals surface area contributed by atoms with Crippen LogP contribution in [0.1, 0.15) is 26.7 Å². The van der Waals surface area contributed by atoms with Gasteiger partial charge in [0.2, 0.25) is 0 Å². The van der Waals surface area contributed by atoms with E-state index in [1.165, 1.54) is 18.6 Å². The highest BCUT2D eigenvalue weighted by molar-refractivity contribution is 5.82. The Balaban J connectivity index is 1.94. The van der Waals surface area contributed by atoms with Crippen LogP contribution in [0.25, 0.3) is 0 Å². The fraction of sp³-hybridized carbons (Fsp3) is 0.312. The number of allylic oxidation sites excluding steroid dienone is 5. The van der Waals surface area contributed by atoms with Gasteiger partial charge in [0.15, 0.2) is 12.0 Å². The molecular formula is C16H18O5. The maximum Gasteiger partial charge on any atom is 0.334 e. The summed E-state index contributed by atoms with van der Waals surface area (Å²) in [6, 6.07) is 0. The van der Waals surface area contributed by atoms with Crippen molar-refractivity contribution in [1.29, 1.82) is 0 Å². The van der Waals surface area contributed by atoms with Gasteiger partial charge in [-0.25, -0.2) is 4.79 Å². The summed E-state index contributed by atoms with van der Waals surface area (Å²) in [6.07, 6.45) is 12.0. The minimum absolute atomic E-state index is 0.181. The molecule has 21 heavy (non-hydrogen) atoms. The average molecular weight is 290 g/mol. The lowest BCUT2D eigenvalue weighted by molar-refractivity contribution is -0.137. The number of esters is 1. The van der Waals surface area contributed by atoms with Crippen LogP contribution < -0.4 is 0 Å². The number of hydrogen-bond donors (Lipinski definition) is 0. The van der Waals surface area contributed by atoms with Gasteiger partial charge in [-0.1, -0.05) is 18.2 Å². The SMILES string of the molecule is CCOC(=O)C=C(C)OC1=COC=C(C2=CC=CCC2)O1. The van der Waals surface area contributed by atoms with Crippen LogP contribution in [0.2, 0.25) is 0 Å². The van der Waals surface area contributed by atoms with E-state index in [9.17, 15) is 4.79 Å². The molecule has 0 bridgehead atoms. The largest absolute Gasteiger partial charge is 0.463 e.